The lowest BCUT2D eigenvalue weighted by atomic mass is 10.2. The normalized spacial score (nSPS) is 12.1. The van der Waals surface area contributed by atoms with E-state index in [1.165, 1.54) is 0 Å². The number of carbonyl (C=O) groups is 1. The van der Waals surface area contributed by atoms with Gasteiger partial charge in [0.25, 0.3) is 0 Å². The Balaban J connectivity index is 2.40. The molecule has 18 heavy (non-hydrogen) atoms. The highest BCUT2D eigenvalue weighted by molar-refractivity contribution is 7.85. The van der Waals surface area contributed by atoms with E-state index in [4.69, 9.17) is 5.11 Å². The molecule has 100 valence electrons. The highest BCUT2D eigenvalue weighted by atomic mass is 32.2. The first-order valence-corrected chi connectivity index (χ1v) is 7.36. The molecule has 0 bridgehead atoms. The van der Waals surface area contributed by atoms with Crippen molar-refractivity contribution in [3.05, 3.63) is 35.9 Å². The number of benzene rings is 1. The van der Waals surface area contributed by atoms with Gasteiger partial charge in [0, 0.05) is 36.8 Å². The van der Waals surface area contributed by atoms with Gasteiger partial charge in [-0.1, -0.05) is 30.3 Å². The smallest absolute Gasteiger partial charge is 0.235 e. The average Bonchev–Trinajstić information content (AvgIpc) is 2.37. The highest BCUT2D eigenvalue weighted by Crippen LogP contribution is 2.03. The van der Waals surface area contributed by atoms with Gasteiger partial charge in [0.2, 0.25) is 5.91 Å². The Bertz CT molecular complexity index is 394. The lowest BCUT2D eigenvalue weighted by molar-refractivity contribution is -0.127. The van der Waals surface area contributed by atoms with Crippen LogP contribution in [-0.2, 0) is 22.1 Å². The molecule has 0 aliphatic carbocycles. The van der Waals surface area contributed by atoms with Crippen LogP contribution in [0.5, 0.6) is 0 Å². The van der Waals surface area contributed by atoms with E-state index in [0.717, 1.165) is 5.56 Å². The molecule has 1 atom stereocenters. The topological polar surface area (TPSA) is 57.6 Å². The molecule has 0 heterocycles. The third-order valence-corrected chi connectivity index (χ3v) is 3.82. The van der Waals surface area contributed by atoms with Gasteiger partial charge in [-0.05, 0) is 12.0 Å². The van der Waals surface area contributed by atoms with Gasteiger partial charge in [-0.15, -0.1) is 0 Å². The van der Waals surface area contributed by atoms with Crippen molar-refractivity contribution in [2.45, 2.75) is 13.0 Å². The second-order valence-corrected chi connectivity index (χ2v) is 5.68. The summed E-state index contributed by atoms with van der Waals surface area (Å²) in [5, 5.41) is 8.62. The third kappa shape index (κ3) is 5.42. The summed E-state index contributed by atoms with van der Waals surface area (Å²) in [4.78, 5) is 13.4. The summed E-state index contributed by atoms with van der Waals surface area (Å²) in [6, 6.07) is 9.67. The first kappa shape index (κ1) is 14.9. The van der Waals surface area contributed by atoms with E-state index in [2.05, 4.69) is 0 Å². The lowest BCUT2D eigenvalue weighted by Gasteiger charge is -2.17. The molecule has 0 saturated carbocycles. The van der Waals surface area contributed by atoms with Crippen molar-refractivity contribution >= 4 is 16.7 Å². The van der Waals surface area contributed by atoms with Crippen LogP contribution in [0.1, 0.15) is 12.0 Å². The van der Waals surface area contributed by atoms with Gasteiger partial charge in [-0.25, -0.2) is 0 Å². The van der Waals surface area contributed by atoms with Gasteiger partial charge in [0.15, 0.2) is 0 Å². The first-order chi connectivity index (χ1) is 8.63. The van der Waals surface area contributed by atoms with Crippen LogP contribution < -0.4 is 0 Å². The summed E-state index contributed by atoms with van der Waals surface area (Å²) in [6.07, 6.45) is 0.474. The van der Waals surface area contributed by atoms with Gasteiger partial charge in [0.05, 0.1) is 0 Å². The van der Waals surface area contributed by atoms with Crippen molar-refractivity contribution in [1.29, 1.82) is 0 Å². The zero-order valence-corrected chi connectivity index (χ0v) is 11.4. The van der Waals surface area contributed by atoms with Crippen LogP contribution in [-0.4, -0.2) is 45.3 Å². The van der Waals surface area contributed by atoms with Crippen molar-refractivity contribution in [1.82, 2.24) is 4.90 Å². The molecule has 0 aliphatic rings. The summed E-state index contributed by atoms with van der Waals surface area (Å²) in [6.45, 7) is 0.538. The molecule has 4 nitrogen and oxygen atoms in total. The molecule has 0 fully saturated rings. The Morgan fingerprint density at radius 1 is 1.33 bits per heavy atom. The van der Waals surface area contributed by atoms with E-state index < -0.39 is 10.8 Å². The molecule has 0 radical (unpaired) electrons. The predicted molar refractivity (Wildman–Crippen MR) is 72.5 cm³/mol. The van der Waals surface area contributed by atoms with E-state index in [1.54, 1.807) is 11.9 Å². The number of hydrogen-bond donors (Lipinski definition) is 1. The lowest BCUT2D eigenvalue weighted by Crippen LogP contribution is -2.31. The fourth-order valence-electron chi connectivity index (χ4n) is 1.49. The Morgan fingerprint density at radius 3 is 2.61 bits per heavy atom. The minimum Gasteiger partial charge on any atom is -0.396 e. The van der Waals surface area contributed by atoms with Crippen molar-refractivity contribution in [2.75, 3.05) is 25.2 Å². The molecular formula is C13H19NO3S. The zero-order valence-electron chi connectivity index (χ0n) is 10.5. The summed E-state index contributed by atoms with van der Waals surface area (Å²) in [5.74, 6) is 0.278. The van der Waals surface area contributed by atoms with Crippen molar-refractivity contribution in [2.24, 2.45) is 0 Å². The number of hydrogen-bond acceptors (Lipinski definition) is 3. The number of amides is 1. The Morgan fingerprint density at radius 2 is 2.00 bits per heavy atom. The Hall–Kier alpha value is -1.20. The maximum Gasteiger partial charge on any atom is 0.235 e. The molecule has 0 aromatic heterocycles. The average molecular weight is 269 g/mol. The first-order valence-electron chi connectivity index (χ1n) is 5.87. The van der Waals surface area contributed by atoms with Gasteiger partial charge < -0.3 is 10.0 Å². The SMILES string of the molecule is CN(Cc1ccccc1)C(=O)CS(=O)CCCO. The van der Waals surface area contributed by atoms with Crippen molar-refractivity contribution in [3.63, 3.8) is 0 Å². The van der Waals surface area contributed by atoms with Crippen LogP contribution in [0.2, 0.25) is 0 Å². The molecule has 1 rings (SSSR count). The second kappa shape index (κ2) is 8.00. The number of aliphatic hydroxyl groups excluding tert-OH is 1. The summed E-state index contributed by atoms with van der Waals surface area (Å²) >= 11 is 0. The largest absolute Gasteiger partial charge is 0.396 e. The Labute approximate surface area is 110 Å². The molecule has 1 aromatic rings. The van der Waals surface area contributed by atoms with E-state index in [9.17, 15) is 9.00 Å². The van der Waals surface area contributed by atoms with Crippen LogP contribution >= 0.6 is 0 Å². The van der Waals surface area contributed by atoms with Crippen molar-refractivity contribution in [3.8, 4) is 0 Å². The molecule has 1 unspecified atom stereocenters. The molecular weight excluding hydrogens is 250 g/mol. The fraction of sp³-hybridized carbons (Fsp3) is 0.462. The summed E-state index contributed by atoms with van der Waals surface area (Å²) < 4.78 is 11.5. The molecule has 0 aliphatic heterocycles. The third-order valence-electron chi connectivity index (χ3n) is 2.50. The second-order valence-electron chi connectivity index (χ2n) is 4.10. The van der Waals surface area contributed by atoms with Crippen LogP contribution in [0.3, 0.4) is 0 Å². The maximum absolute atomic E-state index is 11.8. The van der Waals surface area contributed by atoms with Gasteiger partial charge in [-0.2, -0.15) is 0 Å². The molecule has 1 N–H and O–H groups in total. The predicted octanol–water partition coefficient (Wildman–Crippen LogP) is 0.776. The van der Waals surface area contributed by atoms with Gasteiger partial charge in [-0.3, -0.25) is 9.00 Å². The van der Waals surface area contributed by atoms with E-state index in [0.29, 0.717) is 18.7 Å². The minimum absolute atomic E-state index is 0.0137. The number of rotatable bonds is 7. The highest BCUT2D eigenvalue weighted by Gasteiger charge is 2.12. The molecule has 1 aromatic carbocycles. The van der Waals surface area contributed by atoms with Crippen molar-refractivity contribution < 1.29 is 14.1 Å². The van der Waals surface area contributed by atoms with E-state index in [-0.39, 0.29) is 18.3 Å². The van der Waals surface area contributed by atoms with Crippen LogP contribution in [0.25, 0.3) is 0 Å². The number of carbonyl (C=O) groups excluding carboxylic acids is 1. The number of aliphatic hydroxyl groups is 1. The Kier molecular flexibility index (Phi) is 6.60. The van der Waals surface area contributed by atoms with Crippen LogP contribution in [0.15, 0.2) is 30.3 Å². The van der Waals surface area contributed by atoms with Gasteiger partial charge >= 0.3 is 0 Å². The van der Waals surface area contributed by atoms with Crippen LogP contribution in [0, 0.1) is 0 Å². The maximum atomic E-state index is 11.8. The van der Waals surface area contributed by atoms with Crippen LogP contribution in [0.4, 0.5) is 0 Å². The standard InChI is InChI=1S/C13H19NO3S/c1-14(10-12-6-3-2-4-7-12)13(16)11-18(17)9-5-8-15/h2-4,6-7,15H,5,8-11H2,1H3. The molecule has 5 heteroatoms. The van der Waals surface area contributed by atoms with E-state index >= 15 is 0 Å². The monoisotopic (exact) mass is 269 g/mol. The minimum atomic E-state index is -1.18. The summed E-state index contributed by atoms with van der Waals surface area (Å²) in [7, 11) is 0.527. The van der Waals surface area contributed by atoms with Gasteiger partial charge in [0.1, 0.15) is 5.75 Å². The van der Waals surface area contributed by atoms with E-state index in [1.807, 2.05) is 30.3 Å². The molecule has 1 amide bonds. The molecule has 0 saturated heterocycles. The zero-order chi connectivity index (χ0) is 13.4. The number of nitrogens with zero attached hydrogens (tertiary/aromatic N) is 1. The quantitative estimate of drug-likeness (QED) is 0.795. The fourth-order valence-corrected chi connectivity index (χ4v) is 2.58. The summed E-state index contributed by atoms with van der Waals surface area (Å²) in [5.41, 5.74) is 1.05. The molecule has 0 spiro atoms.